The highest BCUT2D eigenvalue weighted by Gasteiger charge is 2.22. The second-order valence-electron chi connectivity index (χ2n) is 5.80. The Labute approximate surface area is 152 Å². The van der Waals surface area contributed by atoms with Crippen LogP contribution >= 0.6 is 0 Å². The van der Waals surface area contributed by atoms with E-state index >= 15 is 0 Å². The highest BCUT2D eigenvalue weighted by Crippen LogP contribution is 2.24. The summed E-state index contributed by atoms with van der Waals surface area (Å²) in [6.45, 7) is 3.33. The average Bonchev–Trinajstić information content (AvgIpc) is 2.96. The van der Waals surface area contributed by atoms with E-state index in [0.717, 1.165) is 17.1 Å². The summed E-state index contributed by atoms with van der Waals surface area (Å²) >= 11 is 0. The molecule has 0 aliphatic rings. The van der Waals surface area contributed by atoms with Gasteiger partial charge in [0.25, 0.3) is 10.0 Å². The molecular weight excluding hydrogens is 352 g/mol. The molecule has 0 atom stereocenters. The Morgan fingerprint density at radius 1 is 1.00 bits per heavy atom. The van der Waals surface area contributed by atoms with E-state index in [4.69, 9.17) is 4.74 Å². The Morgan fingerprint density at radius 2 is 1.69 bits per heavy atom. The number of benzene rings is 2. The van der Waals surface area contributed by atoms with Gasteiger partial charge >= 0.3 is 0 Å². The number of hydrogen-bond acceptors (Lipinski definition) is 5. The number of H-pyrrole nitrogens is 1. The zero-order valence-electron chi connectivity index (χ0n) is 14.7. The van der Waals surface area contributed by atoms with Crippen LogP contribution in [0.2, 0.25) is 0 Å². The summed E-state index contributed by atoms with van der Waals surface area (Å²) in [7, 11) is -2.08. The number of aromatic nitrogens is 2. The van der Waals surface area contributed by atoms with Gasteiger partial charge in [0, 0.05) is 23.1 Å². The first kappa shape index (κ1) is 17.8. The van der Waals surface area contributed by atoms with Crippen LogP contribution in [0, 0.1) is 13.8 Å². The van der Waals surface area contributed by atoms with Gasteiger partial charge in [-0.1, -0.05) is 6.07 Å². The summed E-state index contributed by atoms with van der Waals surface area (Å²) in [6, 6.07) is 14.5. The number of hydrogen-bond donors (Lipinski definition) is 3. The third-order valence-corrected chi connectivity index (χ3v) is 5.47. The summed E-state index contributed by atoms with van der Waals surface area (Å²) in [5.41, 5.74) is 3.12. The van der Waals surface area contributed by atoms with Crippen LogP contribution in [0.25, 0.3) is 0 Å². The first-order valence-corrected chi connectivity index (χ1v) is 9.43. The average molecular weight is 372 g/mol. The minimum Gasteiger partial charge on any atom is -0.497 e. The Hall–Kier alpha value is -3.00. The molecule has 0 saturated heterocycles. The first-order valence-electron chi connectivity index (χ1n) is 7.94. The van der Waals surface area contributed by atoms with E-state index in [-0.39, 0.29) is 4.90 Å². The molecule has 0 bridgehead atoms. The molecule has 3 N–H and O–H groups in total. The minimum absolute atomic E-state index is 0.177. The van der Waals surface area contributed by atoms with Crippen LogP contribution in [0.15, 0.2) is 53.4 Å². The number of rotatable bonds is 6. The van der Waals surface area contributed by atoms with E-state index in [1.165, 1.54) is 0 Å². The highest BCUT2D eigenvalue weighted by atomic mass is 32.2. The predicted molar refractivity (Wildman–Crippen MR) is 102 cm³/mol. The van der Waals surface area contributed by atoms with Gasteiger partial charge in [-0.15, -0.1) is 0 Å². The molecular formula is C18H20N4O3S. The fourth-order valence-electron chi connectivity index (χ4n) is 2.63. The van der Waals surface area contributed by atoms with Crippen LogP contribution < -0.4 is 14.8 Å². The predicted octanol–water partition coefficient (Wildman–Crippen LogP) is 3.58. The van der Waals surface area contributed by atoms with Gasteiger partial charge in [-0.2, -0.15) is 5.10 Å². The number of nitrogens with one attached hydrogen (secondary N) is 3. The van der Waals surface area contributed by atoms with Crippen molar-refractivity contribution in [3.05, 3.63) is 59.9 Å². The molecule has 2 aromatic carbocycles. The van der Waals surface area contributed by atoms with Crippen molar-refractivity contribution in [3.63, 3.8) is 0 Å². The van der Waals surface area contributed by atoms with Gasteiger partial charge in [-0.3, -0.25) is 9.82 Å². The lowest BCUT2D eigenvalue weighted by Gasteiger charge is -2.11. The minimum atomic E-state index is -3.69. The number of aromatic amines is 1. The second-order valence-corrected chi connectivity index (χ2v) is 7.42. The molecule has 0 unspecified atom stereocenters. The molecule has 0 spiro atoms. The van der Waals surface area contributed by atoms with Gasteiger partial charge in [0.15, 0.2) is 0 Å². The molecule has 0 fully saturated rings. The quantitative estimate of drug-likeness (QED) is 0.615. The van der Waals surface area contributed by atoms with Gasteiger partial charge in [0.1, 0.15) is 10.6 Å². The van der Waals surface area contributed by atoms with Crippen LogP contribution in [0.3, 0.4) is 0 Å². The smallest absolute Gasteiger partial charge is 0.265 e. The third kappa shape index (κ3) is 3.80. The van der Waals surface area contributed by atoms with Crippen LogP contribution in [0.5, 0.6) is 5.75 Å². The lowest BCUT2D eigenvalue weighted by Crippen LogP contribution is -2.14. The maximum Gasteiger partial charge on any atom is 0.265 e. The van der Waals surface area contributed by atoms with Crippen LogP contribution in [0.4, 0.5) is 17.1 Å². The zero-order chi connectivity index (χ0) is 18.7. The molecule has 0 aliphatic carbocycles. The molecule has 0 amide bonds. The van der Waals surface area contributed by atoms with E-state index in [2.05, 4.69) is 20.2 Å². The van der Waals surface area contributed by atoms with E-state index in [1.807, 2.05) is 24.3 Å². The van der Waals surface area contributed by atoms with E-state index in [0.29, 0.717) is 17.1 Å². The molecule has 136 valence electrons. The van der Waals surface area contributed by atoms with Crippen LogP contribution in [-0.2, 0) is 10.0 Å². The van der Waals surface area contributed by atoms with Crippen molar-refractivity contribution in [2.45, 2.75) is 18.7 Å². The number of nitrogens with zero attached hydrogens (tertiary/aromatic N) is 1. The van der Waals surface area contributed by atoms with Crippen LogP contribution in [0.1, 0.15) is 11.4 Å². The molecule has 1 heterocycles. The van der Waals surface area contributed by atoms with E-state index < -0.39 is 10.0 Å². The SMILES string of the molecule is COc1cccc(Nc2ccc(NS(=O)(=O)c3c(C)n[nH]c3C)cc2)c1. The number of anilines is 3. The third-order valence-electron chi connectivity index (χ3n) is 3.82. The Morgan fingerprint density at radius 3 is 2.31 bits per heavy atom. The highest BCUT2D eigenvalue weighted by molar-refractivity contribution is 7.92. The van der Waals surface area contributed by atoms with E-state index in [9.17, 15) is 8.42 Å². The molecule has 8 heteroatoms. The van der Waals surface area contributed by atoms with Crippen molar-refractivity contribution >= 4 is 27.1 Å². The topological polar surface area (TPSA) is 96.1 Å². The largest absolute Gasteiger partial charge is 0.497 e. The van der Waals surface area contributed by atoms with Gasteiger partial charge in [-0.05, 0) is 50.2 Å². The second kappa shape index (κ2) is 7.09. The number of ether oxygens (including phenoxy) is 1. The summed E-state index contributed by atoms with van der Waals surface area (Å²) < 4.78 is 32.9. The zero-order valence-corrected chi connectivity index (χ0v) is 15.5. The van der Waals surface area contributed by atoms with Crippen molar-refractivity contribution in [3.8, 4) is 5.75 Å². The van der Waals surface area contributed by atoms with Gasteiger partial charge < -0.3 is 10.1 Å². The molecule has 3 aromatic rings. The fraction of sp³-hybridized carbons (Fsp3) is 0.167. The molecule has 0 aliphatic heterocycles. The normalized spacial score (nSPS) is 11.2. The fourth-order valence-corrected chi connectivity index (χ4v) is 4.06. The van der Waals surface area contributed by atoms with Crippen molar-refractivity contribution in [2.24, 2.45) is 0 Å². The van der Waals surface area contributed by atoms with Crippen molar-refractivity contribution in [1.29, 1.82) is 0 Å². The van der Waals surface area contributed by atoms with Crippen LogP contribution in [-0.4, -0.2) is 25.7 Å². The van der Waals surface area contributed by atoms with Gasteiger partial charge in [0.05, 0.1) is 18.5 Å². The van der Waals surface area contributed by atoms with Crippen molar-refractivity contribution in [2.75, 3.05) is 17.1 Å². The maximum atomic E-state index is 12.6. The monoisotopic (exact) mass is 372 g/mol. The molecule has 0 saturated carbocycles. The lowest BCUT2D eigenvalue weighted by atomic mass is 10.2. The molecule has 7 nitrogen and oxygen atoms in total. The Bertz CT molecular complexity index is 992. The lowest BCUT2D eigenvalue weighted by molar-refractivity contribution is 0.415. The van der Waals surface area contributed by atoms with Gasteiger partial charge in [0.2, 0.25) is 0 Å². The molecule has 0 radical (unpaired) electrons. The first-order chi connectivity index (χ1) is 12.4. The molecule has 1 aromatic heterocycles. The number of aryl methyl sites for hydroxylation is 2. The number of methoxy groups -OCH3 is 1. The summed E-state index contributed by atoms with van der Waals surface area (Å²) in [4.78, 5) is 0.177. The molecule has 26 heavy (non-hydrogen) atoms. The van der Waals surface area contributed by atoms with Gasteiger partial charge in [-0.25, -0.2) is 8.42 Å². The summed E-state index contributed by atoms with van der Waals surface area (Å²) in [5, 5.41) is 9.86. The standard InChI is InChI=1S/C18H20N4O3S/c1-12-18(13(2)21-20-12)26(23,24)22-15-9-7-14(8-10-15)19-16-5-4-6-17(11-16)25-3/h4-11,19,22H,1-3H3,(H,20,21). The van der Waals surface area contributed by atoms with Crippen molar-refractivity contribution < 1.29 is 13.2 Å². The number of sulfonamides is 1. The Kier molecular flexibility index (Phi) is 4.85. The summed E-state index contributed by atoms with van der Waals surface area (Å²) in [5.74, 6) is 0.755. The maximum absolute atomic E-state index is 12.6. The van der Waals surface area contributed by atoms with Crippen molar-refractivity contribution in [1.82, 2.24) is 10.2 Å². The summed E-state index contributed by atoms with van der Waals surface area (Å²) in [6.07, 6.45) is 0. The van der Waals surface area contributed by atoms with E-state index in [1.54, 1.807) is 45.2 Å². The molecule has 3 rings (SSSR count). The Balaban J connectivity index is 1.75.